The van der Waals surface area contributed by atoms with Crippen LogP contribution in [0.5, 0.6) is 0 Å². The van der Waals surface area contributed by atoms with Crippen molar-refractivity contribution >= 4 is 63.8 Å². The summed E-state index contributed by atoms with van der Waals surface area (Å²) in [4.78, 5) is 56.1. The maximum Gasteiger partial charge on any atom is 0.302 e. The molecule has 0 fully saturated rings. The lowest BCUT2D eigenvalue weighted by atomic mass is 9.86. The Morgan fingerprint density at radius 3 is 0.833 bits per heavy atom. The molecular formula is C48H36O6. The van der Waals surface area contributed by atoms with Crippen molar-refractivity contribution in [2.24, 2.45) is 0 Å². The highest BCUT2D eigenvalue weighted by Gasteiger charge is 2.17. The van der Waals surface area contributed by atoms with Crippen LogP contribution in [0.2, 0.25) is 0 Å². The molecule has 6 nitrogen and oxygen atoms in total. The Labute approximate surface area is 312 Å². The van der Waals surface area contributed by atoms with Gasteiger partial charge < -0.3 is 4.74 Å². The molecule has 54 heavy (non-hydrogen) atoms. The highest BCUT2D eigenvalue weighted by molar-refractivity contribution is 6.07. The summed E-state index contributed by atoms with van der Waals surface area (Å²) < 4.78 is 4.40. The van der Waals surface area contributed by atoms with E-state index >= 15 is 0 Å². The van der Waals surface area contributed by atoms with Gasteiger partial charge in [-0.2, -0.15) is 0 Å². The van der Waals surface area contributed by atoms with E-state index in [1.54, 1.807) is 6.92 Å². The lowest BCUT2D eigenvalue weighted by Crippen LogP contribution is -2.21. The Kier molecular flexibility index (Phi) is 11.5. The van der Waals surface area contributed by atoms with E-state index in [0.717, 1.165) is 90.5 Å². The molecule has 0 saturated carbocycles. The van der Waals surface area contributed by atoms with Gasteiger partial charge >= 0.3 is 5.97 Å². The zero-order chi connectivity index (χ0) is 38.0. The molecule has 0 aliphatic heterocycles. The summed E-state index contributed by atoms with van der Waals surface area (Å²) in [5.41, 5.74) is 7.99. The Hall–Kier alpha value is -7.05. The maximum absolute atomic E-state index is 11.6. The first-order valence-corrected chi connectivity index (χ1v) is 17.4. The van der Waals surface area contributed by atoms with E-state index in [1.165, 1.54) is 6.92 Å². The van der Waals surface area contributed by atoms with Crippen LogP contribution in [0.15, 0.2) is 146 Å². The fraction of sp³-hybridized carbons (Fsp3) is 0.0625. The molecule has 0 radical (unpaired) electrons. The van der Waals surface area contributed by atoms with Gasteiger partial charge in [-0.15, -0.1) is 0 Å². The van der Waals surface area contributed by atoms with Gasteiger partial charge in [-0.25, -0.2) is 0 Å². The molecule has 0 bridgehead atoms. The van der Waals surface area contributed by atoms with Gasteiger partial charge in [-0.1, -0.05) is 146 Å². The predicted molar refractivity (Wildman–Crippen MR) is 214 cm³/mol. The monoisotopic (exact) mass is 708 g/mol. The minimum absolute atomic E-state index is 0.211. The van der Waals surface area contributed by atoms with Gasteiger partial charge in [-0.3, -0.25) is 24.0 Å². The highest BCUT2D eigenvalue weighted by Crippen LogP contribution is 2.28. The third-order valence-corrected chi connectivity index (χ3v) is 9.12. The van der Waals surface area contributed by atoms with Crippen molar-refractivity contribution < 1.29 is 28.7 Å². The topological polar surface area (TPSA) is 94.6 Å². The zero-order valence-corrected chi connectivity index (χ0v) is 29.8. The maximum atomic E-state index is 11.6. The standard InChI is InChI=1S/C44H28O4.C4H8O2/c45-25-29-9-17-33(18-10-29)41(34-19-11-30(26-46)12-20-34)43-37-5-1-2-6-38(37)44(40-8-4-3-7-39(40)43)42(35-21-13-31(27-47)14-22-35)36-23-15-32(28-48)16-24-36;1-3-6-4(2)5/h1-28H;3H2,1-2H3. The van der Waals surface area contributed by atoms with E-state index in [4.69, 9.17) is 0 Å². The van der Waals surface area contributed by atoms with Crippen molar-refractivity contribution in [3.8, 4) is 0 Å². The second-order valence-corrected chi connectivity index (χ2v) is 12.5. The molecular weight excluding hydrogens is 673 g/mol. The van der Waals surface area contributed by atoms with Gasteiger partial charge in [0.2, 0.25) is 0 Å². The van der Waals surface area contributed by atoms with Crippen LogP contribution < -0.4 is 10.4 Å². The first kappa shape index (κ1) is 36.7. The molecule has 0 spiro atoms. The second kappa shape index (κ2) is 17.0. The van der Waals surface area contributed by atoms with E-state index in [-0.39, 0.29) is 5.97 Å². The lowest BCUT2D eigenvalue weighted by molar-refractivity contribution is -0.140. The van der Waals surface area contributed by atoms with Crippen LogP contribution in [0.3, 0.4) is 0 Å². The average Bonchev–Trinajstić information content (AvgIpc) is 3.22. The third-order valence-electron chi connectivity index (χ3n) is 9.12. The molecule has 7 rings (SSSR count). The summed E-state index contributed by atoms with van der Waals surface area (Å²) in [5, 5.41) is 6.13. The number of fused-ring (bicyclic) bond motifs is 2. The number of carbonyl (C=O) groups excluding carboxylic acids is 5. The van der Waals surface area contributed by atoms with Crippen LogP contribution in [0.25, 0.3) is 32.7 Å². The van der Waals surface area contributed by atoms with Gasteiger partial charge in [0, 0.05) is 29.2 Å². The van der Waals surface area contributed by atoms with Crippen LogP contribution in [0, 0.1) is 0 Å². The molecule has 0 amide bonds. The van der Waals surface area contributed by atoms with E-state index in [9.17, 15) is 24.0 Å². The number of carbonyl (C=O) groups is 5. The molecule has 264 valence electrons. The number of hydrogen-bond acceptors (Lipinski definition) is 6. The number of ether oxygens (including phenoxy) is 1. The molecule has 0 aliphatic rings. The molecule has 0 aromatic heterocycles. The fourth-order valence-corrected chi connectivity index (χ4v) is 6.69. The summed E-state index contributed by atoms with van der Waals surface area (Å²) in [7, 11) is 0. The first-order valence-electron chi connectivity index (χ1n) is 17.4. The Morgan fingerprint density at radius 1 is 0.426 bits per heavy atom. The van der Waals surface area contributed by atoms with Crippen molar-refractivity contribution in [3.05, 3.63) is 201 Å². The van der Waals surface area contributed by atoms with Crippen molar-refractivity contribution in [3.63, 3.8) is 0 Å². The second-order valence-electron chi connectivity index (χ2n) is 12.5. The van der Waals surface area contributed by atoms with Crippen molar-refractivity contribution in [1.29, 1.82) is 0 Å². The summed E-state index contributed by atoms with van der Waals surface area (Å²) in [6, 6.07) is 46.9. The van der Waals surface area contributed by atoms with Crippen LogP contribution >= 0.6 is 0 Å². The molecule has 7 aromatic carbocycles. The van der Waals surface area contributed by atoms with E-state index in [2.05, 4.69) is 29.0 Å². The molecule has 7 aromatic rings. The van der Waals surface area contributed by atoms with Crippen molar-refractivity contribution in [2.75, 3.05) is 6.61 Å². The minimum Gasteiger partial charge on any atom is -0.466 e. The summed E-state index contributed by atoms with van der Waals surface area (Å²) in [6.45, 7) is 3.65. The Bertz CT molecular complexity index is 2270. The summed E-state index contributed by atoms with van der Waals surface area (Å²) in [6.07, 6.45) is 3.34. The molecule has 0 atom stereocenters. The SMILES string of the molecule is CCOC(C)=O.O=Cc1ccc(C(c2ccc(C=O)cc2)=c2c3ccccc3c(=C(c3ccc(C=O)cc3)c3ccc(C=O)cc3)c3ccccc23)cc1. The minimum atomic E-state index is -0.211. The smallest absolute Gasteiger partial charge is 0.302 e. The molecule has 0 aliphatic carbocycles. The number of rotatable bonds is 9. The number of aldehydes is 4. The van der Waals surface area contributed by atoms with E-state index in [0.29, 0.717) is 28.9 Å². The van der Waals surface area contributed by atoms with E-state index in [1.807, 2.05) is 121 Å². The number of benzene rings is 7. The molecule has 0 unspecified atom stereocenters. The fourth-order valence-electron chi connectivity index (χ4n) is 6.69. The van der Waals surface area contributed by atoms with Crippen molar-refractivity contribution in [1.82, 2.24) is 0 Å². The Balaban J connectivity index is 0.000000767. The largest absolute Gasteiger partial charge is 0.466 e. The van der Waals surface area contributed by atoms with Crippen LogP contribution in [-0.2, 0) is 9.53 Å². The normalized spacial score (nSPS) is 10.5. The van der Waals surface area contributed by atoms with Crippen molar-refractivity contribution in [2.45, 2.75) is 13.8 Å². The van der Waals surface area contributed by atoms with Gasteiger partial charge in [0.15, 0.2) is 0 Å². The quantitative estimate of drug-likeness (QED) is 0.0851. The average molecular weight is 709 g/mol. The summed E-state index contributed by atoms with van der Waals surface area (Å²) >= 11 is 0. The zero-order valence-electron chi connectivity index (χ0n) is 29.8. The molecule has 0 saturated heterocycles. The van der Waals surface area contributed by atoms with Crippen LogP contribution in [0.4, 0.5) is 0 Å². The van der Waals surface area contributed by atoms with E-state index < -0.39 is 0 Å². The van der Waals surface area contributed by atoms with Gasteiger partial charge in [0.25, 0.3) is 0 Å². The lowest BCUT2D eigenvalue weighted by Gasteiger charge is -2.17. The highest BCUT2D eigenvalue weighted by atomic mass is 16.5. The third kappa shape index (κ3) is 7.73. The Morgan fingerprint density at radius 2 is 0.667 bits per heavy atom. The van der Waals surface area contributed by atoms with Crippen LogP contribution in [-0.4, -0.2) is 37.7 Å². The first-order chi connectivity index (χ1) is 26.4. The predicted octanol–water partition coefficient (Wildman–Crippen LogP) is 8.31. The van der Waals surface area contributed by atoms with Gasteiger partial charge in [0.05, 0.1) is 6.61 Å². The van der Waals surface area contributed by atoms with Gasteiger partial charge in [-0.05, 0) is 72.3 Å². The van der Waals surface area contributed by atoms with Gasteiger partial charge in [0.1, 0.15) is 25.1 Å². The molecule has 0 N–H and O–H groups in total. The molecule has 6 heteroatoms. The number of hydrogen-bond donors (Lipinski definition) is 0. The van der Waals surface area contributed by atoms with Crippen LogP contribution in [0.1, 0.15) is 77.5 Å². The molecule has 0 heterocycles. The summed E-state index contributed by atoms with van der Waals surface area (Å²) in [5.74, 6) is -0.211. The number of esters is 1.